The molecule has 1 aromatic carbocycles. The fourth-order valence-corrected chi connectivity index (χ4v) is 6.16. The molecule has 34 heavy (non-hydrogen) atoms. The first-order valence-electron chi connectivity index (χ1n) is 12.2. The van der Waals surface area contributed by atoms with Crippen molar-refractivity contribution in [1.29, 1.82) is 0 Å². The summed E-state index contributed by atoms with van der Waals surface area (Å²) in [5.74, 6) is 0.875. The number of halogens is 1. The molecule has 7 heteroatoms. The van der Waals surface area contributed by atoms with Crippen LogP contribution < -0.4 is 14.8 Å². The first-order valence-corrected chi connectivity index (χ1v) is 13.0. The molecule has 1 N–H and O–H groups in total. The maximum Gasteiger partial charge on any atom is 0.252 e. The van der Waals surface area contributed by atoms with Gasteiger partial charge in [-0.1, -0.05) is 13.8 Å². The van der Waals surface area contributed by atoms with Gasteiger partial charge in [0.2, 0.25) is 0 Å². The minimum absolute atomic E-state index is 0.0174. The third-order valence-corrected chi connectivity index (χ3v) is 7.57. The highest BCUT2D eigenvalue weighted by atomic mass is 79.9. The largest absolute Gasteiger partial charge is 0.492 e. The summed E-state index contributed by atoms with van der Waals surface area (Å²) in [4.78, 5) is 29.4. The van der Waals surface area contributed by atoms with Crippen LogP contribution in [0, 0.1) is 5.41 Å². The van der Waals surface area contributed by atoms with E-state index in [1.165, 1.54) is 0 Å². The lowest BCUT2D eigenvalue weighted by Crippen LogP contribution is -2.43. The molecule has 3 aliphatic rings. The van der Waals surface area contributed by atoms with E-state index >= 15 is 0 Å². The van der Waals surface area contributed by atoms with Gasteiger partial charge in [0.05, 0.1) is 18.2 Å². The predicted octanol–water partition coefficient (Wildman–Crippen LogP) is 5.47. The van der Waals surface area contributed by atoms with Crippen LogP contribution in [-0.4, -0.2) is 43.4 Å². The van der Waals surface area contributed by atoms with Crippen molar-refractivity contribution in [3.05, 3.63) is 44.7 Å². The molecule has 1 aliphatic carbocycles. The highest BCUT2D eigenvalue weighted by Gasteiger charge is 2.44. The van der Waals surface area contributed by atoms with Gasteiger partial charge in [0.15, 0.2) is 17.3 Å². The standard InChI is InChI=1S/C27H35BrN2O4/c1-6-34-21-13-17(12-18(28)25(21)33-5)23-22(26(32)30-10-8-7-9-11-30)16(2)29-19-14-27(3,4)15-20(31)24(19)23/h12-13,23,29H,6-11,14-15H2,1-5H3/t23-/m0/s1. The maximum atomic E-state index is 13.9. The van der Waals surface area contributed by atoms with E-state index in [4.69, 9.17) is 9.47 Å². The number of rotatable bonds is 5. The quantitative estimate of drug-likeness (QED) is 0.546. The van der Waals surface area contributed by atoms with E-state index in [1.807, 2.05) is 30.9 Å². The number of Topliss-reactive ketones (excluding diaryl/α,β-unsaturated/α-hetero) is 1. The van der Waals surface area contributed by atoms with Crippen molar-refractivity contribution in [2.24, 2.45) is 5.41 Å². The second-order valence-corrected chi connectivity index (χ2v) is 11.1. The minimum Gasteiger partial charge on any atom is -0.492 e. The number of piperidine rings is 1. The number of nitrogens with one attached hydrogen (secondary N) is 1. The molecule has 0 bridgehead atoms. The van der Waals surface area contributed by atoms with Crippen molar-refractivity contribution in [3.63, 3.8) is 0 Å². The maximum absolute atomic E-state index is 13.9. The number of benzene rings is 1. The molecular formula is C27H35BrN2O4. The van der Waals surface area contributed by atoms with E-state index in [0.717, 1.165) is 60.2 Å². The Bertz CT molecular complexity index is 1070. The van der Waals surface area contributed by atoms with Gasteiger partial charge in [-0.05, 0) is 78.6 Å². The summed E-state index contributed by atoms with van der Waals surface area (Å²) in [6.07, 6.45) is 4.40. The number of hydrogen-bond acceptors (Lipinski definition) is 5. The number of carbonyl (C=O) groups excluding carboxylic acids is 2. The van der Waals surface area contributed by atoms with Crippen LogP contribution in [0.4, 0.5) is 0 Å². The number of nitrogens with zero attached hydrogens (tertiary/aromatic N) is 1. The number of likely N-dealkylation sites (tertiary alicyclic amines) is 1. The molecule has 1 amide bonds. The zero-order valence-corrected chi connectivity index (χ0v) is 22.4. The smallest absolute Gasteiger partial charge is 0.252 e. The number of dihydropyridines is 1. The lowest BCUT2D eigenvalue weighted by molar-refractivity contribution is -0.128. The molecule has 0 spiro atoms. The van der Waals surface area contributed by atoms with Gasteiger partial charge in [-0.3, -0.25) is 9.59 Å². The molecule has 184 valence electrons. The topological polar surface area (TPSA) is 67.9 Å². The van der Waals surface area contributed by atoms with Gasteiger partial charge in [-0.2, -0.15) is 0 Å². The molecular weight excluding hydrogens is 496 g/mol. The Morgan fingerprint density at radius 1 is 1.21 bits per heavy atom. The molecule has 1 aromatic rings. The Morgan fingerprint density at radius 2 is 1.91 bits per heavy atom. The van der Waals surface area contributed by atoms with Crippen LogP contribution in [0.3, 0.4) is 0 Å². The molecule has 0 saturated carbocycles. The summed E-state index contributed by atoms with van der Waals surface area (Å²) in [7, 11) is 1.61. The Labute approximate surface area is 210 Å². The van der Waals surface area contributed by atoms with Crippen LogP contribution in [0.2, 0.25) is 0 Å². The van der Waals surface area contributed by atoms with Crippen LogP contribution in [0.1, 0.15) is 71.3 Å². The Hall–Kier alpha value is -2.28. The zero-order valence-electron chi connectivity index (χ0n) is 20.8. The molecule has 2 aliphatic heterocycles. The van der Waals surface area contributed by atoms with E-state index in [9.17, 15) is 9.59 Å². The summed E-state index contributed by atoms with van der Waals surface area (Å²) < 4.78 is 12.2. The van der Waals surface area contributed by atoms with Crippen molar-refractivity contribution >= 4 is 27.6 Å². The number of hydrogen-bond donors (Lipinski definition) is 1. The van der Waals surface area contributed by atoms with Gasteiger partial charge < -0.3 is 19.7 Å². The summed E-state index contributed by atoms with van der Waals surface area (Å²) in [5.41, 5.74) is 3.87. The highest BCUT2D eigenvalue weighted by molar-refractivity contribution is 9.10. The lowest BCUT2D eigenvalue weighted by atomic mass is 9.68. The van der Waals surface area contributed by atoms with Gasteiger partial charge >= 0.3 is 0 Å². The average Bonchev–Trinajstić information content (AvgIpc) is 2.77. The van der Waals surface area contributed by atoms with E-state index in [-0.39, 0.29) is 17.1 Å². The zero-order chi connectivity index (χ0) is 24.6. The fourth-order valence-electron chi connectivity index (χ4n) is 5.54. The molecule has 1 fully saturated rings. The van der Waals surface area contributed by atoms with Crippen molar-refractivity contribution in [3.8, 4) is 11.5 Å². The first kappa shape index (κ1) is 24.8. The summed E-state index contributed by atoms with van der Waals surface area (Å²) in [6, 6.07) is 3.89. The number of ether oxygens (including phenoxy) is 2. The number of carbonyl (C=O) groups is 2. The molecule has 0 unspecified atom stereocenters. The molecule has 0 radical (unpaired) electrons. The van der Waals surface area contributed by atoms with Crippen molar-refractivity contribution in [2.75, 3.05) is 26.8 Å². The second-order valence-electron chi connectivity index (χ2n) is 10.2. The number of ketones is 1. The Kier molecular flexibility index (Phi) is 7.13. The molecule has 1 saturated heterocycles. The Balaban J connectivity index is 1.89. The van der Waals surface area contributed by atoms with Gasteiger partial charge in [-0.25, -0.2) is 0 Å². The van der Waals surface area contributed by atoms with Crippen molar-refractivity contribution in [1.82, 2.24) is 10.2 Å². The summed E-state index contributed by atoms with van der Waals surface area (Å²) in [6.45, 7) is 10.1. The van der Waals surface area contributed by atoms with Gasteiger partial charge in [0.25, 0.3) is 5.91 Å². The molecule has 1 atom stereocenters. The van der Waals surface area contributed by atoms with Crippen LogP contribution in [0.25, 0.3) is 0 Å². The summed E-state index contributed by atoms with van der Waals surface area (Å²) in [5, 5.41) is 3.47. The lowest BCUT2D eigenvalue weighted by Gasteiger charge is -2.41. The minimum atomic E-state index is -0.448. The number of methoxy groups -OCH3 is 1. The second kappa shape index (κ2) is 9.76. The molecule has 2 heterocycles. The third kappa shape index (κ3) is 4.64. The van der Waals surface area contributed by atoms with Crippen LogP contribution in [-0.2, 0) is 9.59 Å². The summed E-state index contributed by atoms with van der Waals surface area (Å²) >= 11 is 3.63. The van der Waals surface area contributed by atoms with E-state index in [1.54, 1.807) is 7.11 Å². The van der Waals surface area contributed by atoms with Crippen molar-refractivity contribution in [2.45, 2.75) is 65.7 Å². The first-order chi connectivity index (χ1) is 16.2. The predicted molar refractivity (Wildman–Crippen MR) is 136 cm³/mol. The third-order valence-electron chi connectivity index (χ3n) is 6.98. The highest BCUT2D eigenvalue weighted by Crippen LogP contribution is 2.49. The normalized spacial score (nSPS) is 22.4. The van der Waals surface area contributed by atoms with E-state index in [0.29, 0.717) is 35.7 Å². The van der Waals surface area contributed by atoms with Crippen LogP contribution in [0.15, 0.2) is 39.1 Å². The van der Waals surface area contributed by atoms with E-state index < -0.39 is 5.92 Å². The molecule has 0 aromatic heterocycles. The van der Waals surface area contributed by atoms with Crippen LogP contribution in [0.5, 0.6) is 11.5 Å². The number of allylic oxidation sites excluding steroid dienone is 3. The van der Waals surface area contributed by atoms with Gasteiger partial charge in [0, 0.05) is 48.0 Å². The molecule has 6 nitrogen and oxygen atoms in total. The van der Waals surface area contributed by atoms with Gasteiger partial charge in [0.1, 0.15) is 0 Å². The monoisotopic (exact) mass is 530 g/mol. The number of amides is 1. The molecule has 4 rings (SSSR count). The SMILES string of the molecule is CCOc1cc([C@H]2C(C(=O)N3CCCCC3)=C(C)NC3=C2C(=O)CC(C)(C)C3)cc(Br)c1OC. The van der Waals surface area contributed by atoms with Gasteiger partial charge in [-0.15, -0.1) is 0 Å². The van der Waals surface area contributed by atoms with E-state index in [2.05, 4.69) is 35.1 Å². The Morgan fingerprint density at radius 3 is 2.56 bits per heavy atom. The van der Waals surface area contributed by atoms with Crippen LogP contribution >= 0.6 is 15.9 Å². The fraction of sp³-hybridized carbons (Fsp3) is 0.556. The van der Waals surface area contributed by atoms with Crippen molar-refractivity contribution < 1.29 is 19.1 Å². The average molecular weight is 531 g/mol.